The molecular weight excluding hydrogens is 232 g/mol. The largest absolute Gasteiger partial charge is 0.311 e. The summed E-state index contributed by atoms with van der Waals surface area (Å²) < 4.78 is 0. The van der Waals surface area contributed by atoms with Crippen LogP contribution in [0, 0.1) is 11.8 Å². The highest BCUT2D eigenvalue weighted by Gasteiger charge is 2.39. The SMILES string of the molecule is CCC(C)C1CN(CCC(C)C)C(CC)(CC)CN1. The molecule has 0 aromatic carbocycles. The fourth-order valence-corrected chi connectivity index (χ4v) is 3.28. The van der Waals surface area contributed by atoms with Gasteiger partial charge in [-0.05, 0) is 37.6 Å². The second kappa shape index (κ2) is 7.64. The predicted octanol–water partition coefficient (Wildman–Crippen LogP) is 3.91. The van der Waals surface area contributed by atoms with Crippen LogP contribution in [0.25, 0.3) is 0 Å². The molecule has 0 aromatic heterocycles. The topological polar surface area (TPSA) is 15.3 Å². The van der Waals surface area contributed by atoms with Gasteiger partial charge in [-0.15, -0.1) is 0 Å². The summed E-state index contributed by atoms with van der Waals surface area (Å²) in [4.78, 5) is 2.81. The molecule has 1 aliphatic heterocycles. The van der Waals surface area contributed by atoms with Gasteiger partial charge in [-0.3, -0.25) is 4.90 Å². The minimum absolute atomic E-state index is 0.402. The number of hydrogen-bond donors (Lipinski definition) is 1. The first-order valence-corrected chi connectivity index (χ1v) is 8.47. The summed E-state index contributed by atoms with van der Waals surface area (Å²) in [6.07, 6.45) is 5.14. The lowest BCUT2D eigenvalue weighted by Crippen LogP contribution is -2.65. The zero-order chi connectivity index (χ0) is 14.5. The highest BCUT2D eigenvalue weighted by Crippen LogP contribution is 2.29. The van der Waals surface area contributed by atoms with Gasteiger partial charge in [0.05, 0.1) is 0 Å². The quantitative estimate of drug-likeness (QED) is 0.753. The maximum atomic E-state index is 3.84. The molecule has 0 aromatic rings. The molecule has 1 fully saturated rings. The Labute approximate surface area is 121 Å². The summed E-state index contributed by atoms with van der Waals surface area (Å²) >= 11 is 0. The van der Waals surface area contributed by atoms with Crippen LogP contribution in [0.2, 0.25) is 0 Å². The van der Waals surface area contributed by atoms with Gasteiger partial charge in [0.1, 0.15) is 0 Å². The van der Waals surface area contributed by atoms with Crippen LogP contribution in [0.15, 0.2) is 0 Å². The van der Waals surface area contributed by atoms with Crippen LogP contribution in [0.1, 0.15) is 67.2 Å². The molecule has 114 valence electrons. The van der Waals surface area contributed by atoms with Crippen molar-refractivity contribution in [2.75, 3.05) is 19.6 Å². The van der Waals surface area contributed by atoms with Crippen LogP contribution in [0.3, 0.4) is 0 Å². The molecule has 0 saturated carbocycles. The van der Waals surface area contributed by atoms with Crippen molar-refractivity contribution in [1.29, 1.82) is 0 Å². The highest BCUT2D eigenvalue weighted by molar-refractivity contribution is 4.98. The molecule has 1 N–H and O–H groups in total. The van der Waals surface area contributed by atoms with Gasteiger partial charge in [0.25, 0.3) is 0 Å². The minimum atomic E-state index is 0.402. The molecule has 0 bridgehead atoms. The standard InChI is InChI=1S/C17H36N2/c1-7-15(6)16-12-19(11-10-14(4)5)17(8-2,9-3)13-18-16/h14-16,18H,7-13H2,1-6H3. The second-order valence-electron chi connectivity index (χ2n) is 6.93. The first-order valence-electron chi connectivity index (χ1n) is 8.47. The molecule has 2 heteroatoms. The lowest BCUT2D eigenvalue weighted by molar-refractivity contribution is 0.0172. The summed E-state index contributed by atoms with van der Waals surface area (Å²) in [5.74, 6) is 1.59. The van der Waals surface area contributed by atoms with E-state index in [4.69, 9.17) is 0 Å². The molecule has 0 spiro atoms. The van der Waals surface area contributed by atoms with Gasteiger partial charge in [0.2, 0.25) is 0 Å². The van der Waals surface area contributed by atoms with Crippen molar-refractivity contribution < 1.29 is 0 Å². The molecule has 2 nitrogen and oxygen atoms in total. The smallest absolute Gasteiger partial charge is 0.0329 e. The zero-order valence-electron chi connectivity index (χ0n) is 14.1. The molecule has 0 radical (unpaired) electrons. The molecule has 1 saturated heterocycles. The van der Waals surface area contributed by atoms with E-state index in [1.54, 1.807) is 0 Å². The van der Waals surface area contributed by atoms with Gasteiger partial charge in [-0.25, -0.2) is 0 Å². The highest BCUT2D eigenvalue weighted by atomic mass is 15.3. The number of rotatable bonds is 7. The monoisotopic (exact) mass is 268 g/mol. The van der Waals surface area contributed by atoms with E-state index < -0.39 is 0 Å². The van der Waals surface area contributed by atoms with E-state index in [1.807, 2.05) is 0 Å². The summed E-state index contributed by atoms with van der Waals surface area (Å²) in [6.45, 7) is 17.8. The van der Waals surface area contributed by atoms with E-state index in [9.17, 15) is 0 Å². The summed E-state index contributed by atoms with van der Waals surface area (Å²) in [5, 5.41) is 3.84. The Morgan fingerprint density at radius 1 is 1.16 bits per heavy atom. The van der Waals surface area contributed by atoms with Crippen molar-refractivity contribution in [1.82, 2.24) is 10.2 Å². The van der Waals surface area contributed by atoms with Crippen LogP contribution in [-0.4, -0.2) is 36.1 Å². The molecule has 19 heavy (non-hydrogen) atoms. The molecular formula is C17H36N2. The van der Waals surface area contributed by atoms with Gasteiger partial charge >= 0.3 is 0 Å². The molecule has 0 aliphatic carbocycles. The van der Waals surface area contributed by atoms with Crippen LogP contribution in [0.4, 0.5) is 0 Å². The molecule has 0 amide bonds. The van der Waals surface area contributed by atoms with Gasteiger partial charge in [-0.1, -0.05) is 48.0 Å². The molecule has 1 heterocycles. The lowest BCUT2D eigenvalue weighted by Gasteiger charge is -2.51. The molecule has 2 unspecified atom stereocenters. The Balaban J connectivity index is 2.73. The maximum absolute atomic E-state index is 3.84. The summed E-state index contributed by atoms with van der Waals surface area (Å²) in [6, 6.07) is 0.684. The van der Waals surface area contributed by atoms with Crippen molar-refractivity contribution >= 4 is 0 Å². The Morgan fingerprint density at radius 2 is 1.79 bits per heavy atom. The summed E-state index contributed by atoms with van der Waals surface area (Å²) in [5.41, 5.74) is 0.402. The number of hydrogen-bond acceptors (Lipinski definition) is 2. The zero-order valence-corrected chi connectivity index (χ0v) is 14.1. The first-order chi connectivity index (χ1) is 8.99. The lowest BCUT2D eigenvalue weighted by atomic mass is 9.84. The fraction of sp³-hybridized carbons (Fsp3) is 1.00. The third kappa shape index (κ3) is 4.19. The van der Waals surface area contributed by atoms with E-state index >= 15 is 0 Å². The minimum Gasteiger partial charge on any atom is -0.311 e. The van der Waals surface area contributed by atoms with E-state index in [1.165, 1.54) is 45.3 Å². The van der Waals surface area contributed by atoms with Crippen LogP contribution >= 0.6 is 0 Å². The van der Waals surface area contributed by atoms with E-state index in [0.29, 0.717) is 11.6 Å². The van der Waals surface area contributed by atoms with Gasteiger partial charge < -0.3 is 5.32 Å². The van der Waals surface area contributed by atoms with Crippen molar-refractivity contribution in [3.8, 4) is 0 Å². The second-order valence-corrected chi connectivity index (χ2v) is 6.93. The van der Waals surface area contributed by atoms with Crippen LogP contribution in [-0.2, 0) is 0 Å². The average molecular weight is 268 g/mol. The van der Waals surface area contributed by atoms with Crippen molar-refractivity contribution in [3.05, 3.63) is 0 Å². The van der Waals surface area contributed by atoms with Gasteiger partial charge in [0, 0.05) is 24.7 Å². The predicted molar refractivity (Wildman–Crippen MR) is 85.6 cm³/mol. The molecule has 1 aliphatic rings. The number of piperazine rings is 1. The third-order valence-corrected chi connectivity index (χ3v) is 5.40. The Kier molecular flexibility index (Phi) is 6.82. The average Bonchev–Trinajstić information content (AvgIpc) is 2.43. The number of nitrogens with zero attached hydrogens (tertiary/aromatic N) is 1. The van der Waals surface area contributed by atoms with E-state index in [-0.39, 0.29) is 0 Å². The third-order valence-electron chi connectivity index (χ3n) is 5.40. The van der Waals surface area contributed by atoms with E-state index in [0.717, 1.165) is 11.8 Å². The maximum Gasteiger partial charge on any atom is 0.0329 e. The van der Waals surface area contributed by atoms with E-state index in [2.05, 4.69) is 51.8 Å². The van der Waals surface area contributed by atoms with Crippen LogP contribution in [0.5, 0.6) is 0 Å². The van der Waals surface area contributed by atoms with Crippen molar-refractivity contribution in [2.24, 2.45) is 11.8 Å². The van der Waals surface area contributed by atoms with Crippen molar-refractivity contribution in [3.63, 3.8) is 0 Å². The number of nitrogens with one attached hydrogen (secondary N) is 1. The summed E-state index contributed by atoms with van der Waals surface area (Å²) in [7, 11) is 0. The normalized spacial score (nSPS) is 25.7. The van der Waals surface area contributed by atoms with Gasteiger partial charge in [0.15, 0.2) is 0 Å². The van der Waals surface area contributed by atoms with Crippen molar-refractivity contribution in [2.45, 2.75) is 78.8 Å². The molecule has 1 rings (SSSR count). The Hall–Kier alpha value is -0.0800. The van der Waals surface area contributed by atoms with Crippen LogP contribution < -0.4 is 5.32 Å². The molecule has 2 atom stereocenters. The first kappa shape index (κ1) is 17.0. The Morgan fingerprint density at radius 3 is 2.26 bits per heavy atom. The van der Waals surface area contributed by atoms with Gasteiger partial charge in [-0.2, -0.15) is 0 Å². The Bertz CT molecular complexity index is 246. The fourth-order valence-electron chi connectivity index (χ4n) is 3.28.